The molecular formula is C40H47N5O4. The zero-order valence-electron chi connectivity index (χ0n) is 29.6. The molecule has 0 aliphatic carbocycles. The number of H-pyrrole nitrogens is 1. The van der Waals surface area contributed by atoms with E-state index in [0.717, 1.165) is 48.4 Å². The molecule has 0 bridgehead atoms. The average Bonchev–Trinajstić information content (AvgIpc) is 3.56. The maximum atomic E-state index is 14.6. The van der Waals surface area contributed by atoms with Crippen molar-refractivity contribution in [1.29, 1.82) is 0 Å². The van der Waals surface area contributed by atoms with Crippen LogP contribution in [0, 0.1) is 13.8 Å². The first-order valence-corrected chi connectivity index (χ1v) is 17.1. The molecule has 0 atom stereocenters. The number of amides is 2. The molecule has 2 amide bonds. The van der Waals surface area contributed by atoms with Gasteiger partial charge in [-0.15, -0.1) is 0 Å². The lowest BCUT2D eigenvalue weighted by molar-refractivity contribution is 0.0950. The number of hydrogen-bond acceptors (Lipinski definition) is 5. The Balaban J connectivity index is 1.70. The van der Waals surface area contributed by atoms with E-state index in [1.54, 1.807) is 25.4 Å². The number of para-hydroxylation sites is 2. The van der Waals surface area contributed by atoms with Crippen LogP contribution in [0.15, 0.2) is 77.7 Å². The van der Waals surface area contributed by atoms with Gasteiger partial charge in [0.1, 0.15) is 22.7 Å². The number of fused-ring (bicyclic) bond motifs is 1. The number of pyridine rings is 1. The van der Waals surface area contributed by atoms with Gasteiger partial charge in [-0.3, -0.25) is 14.4 Å². The molecule has 9 heteroatoms. The number of aromatic nitrogens is 2. The first-order chi connectivity index (χ1) is 23.6. The fourth-order valence-corrected chi connectivity index (χ4v) is 6.30. The zero-order valence-corrected chi connectivity index (χ0v) is 29.6. The van der Waals surface area contributed by atoms with Gasteiger partial charge in [0.15, 0.2) is 0 Å². The molecule has 2 heterocycles. The highest BCUT2D eigenvalue weighted by Crippen LogP contribution is 2.40. The van der Waals surface area contributed by atoms with Gasteiger partial charge in [-0.05, 0) is 87.3 Å². The lowest BCUT2D eigenvalue weighted by atomic mass is 9.99. The van der Waals surface area contributed by atoms with Gasteiger partial charge in [0, 0.05) is 60.6 Å². The number of rotatable bonds is 13. The van der Waals surface area contributed by atoms with Gasteiger partial charge >= 0.3 is 0 Å². The second kappa shape index (κ2) is 15.4. The molecule has 3 aromatic carbocycles. The van der Waals surface area contributed by atoms with Gasteiger partial charge in [0.2, 0.25) is 0 Å². The fourth-order valence-electron chi connectivity index (χ4n) is 6.30. The summed E-state index contributed by atoms with van der Waals surface area (Å²) < 4.78 is 8.23. The highest BCUT2D eigenvalue weighted by atomic mass is 16.5. The molecule has 9 nitrogen and oxygen atoms in total. The first-order valence-electron chi connectivity index (χ1n) is 17.1. The number of aryl methyl sites for hydroxylation is 4. The summed E-state index contributed by atoms with van der Waals surface area (Å²) in [6.45, 7) is 15.7. The molecule has 0 fully saturated rings. The van der Waals surface area contributed by atoms with E-state index in [1.165, 1.54) is 4.57 Å². The van der Waals surface area contributed by atoms with Gasteiger partial charge in [-0.1, -0.05) is 57.2 Å². The van der Waals surface area contributed by atoms with Gasteiger partial charge in [-0.25, -0.2) is 0 Å². The summed E-state index contributed by atoms with van der Waals surface area (Å²) in [7, 11) is 1.68. The van der Waals surface area contributed by atoms with Crippen LogP contribution in [-0.4, -0.2) is 59.0 Å². The van der Waals surface area contributed by atoms with Crippen LogP contribution in [0.4, 0.5) is 5.69 Å². The second-order valence-electron chi connectivity index (χ2n) is 12.3. The van der Waals surface area contributed by atoms with Crippen LogP contribution in [-0.2, 0) is 13.5 Å². The molecule has 0 unspecified atom stereocenters. The number of hydrogen-bond donors (Lipinski definition) is 2. The summed E-state index contributed by atoms with van der Waals surface area (Å²) in [6.07, 6.45) is 2.55. The number of carbonyl (C=O) groups is 2. The number of likely N-dealkylation sites (N-methyl/N-ethyl adjacent to an activating group) is 1. The van der Waals surface area contributed by atoms with Crippen molar-refractivity contribution in [2.24, 2.45) is 7.05 Å². The summed E-state index contributed by atoms with van der Waals surface area (Å²) in [6, 6.07) is 21.2. The molecule has 5 aromatic rings. The Hall–Kier alpha value is -5.15. The molecule has 0 radical (unpaired) electrons. The summed E-state index contributed by atoms with van der Waals surface area (Å²) in [4.78, 5) is 47.9. The summed E-state index contributed by atoms with van der Waals surface area (Å²) in [5.41, 5.74) is 6.11. The van der Waals surface area contributed by atoms with Crippen LogP contribution in [0.5, 0.6) is 11.5 Å². The Labute approximate surface area is 288 Å². The van der Waals surface area contributed by atoms with Crippen molar-refractivity contribution < 1.29 is 14.3 Å². The van der Waals surface area contributed by atoms with Crippen LogP contribution >= 0.6 is 0 Å². The first kappa shape index (κ1) is 35.2. The molecule has 0 aliphatic heterocycles. The maximum absolute atomic E-state index is 14.6. The van der Waals surface area contributed by atoms with Crippen LogP contribution in [0.25, 0.3) is 22.0 Å². The van der Waals surface area contributed by atoms with E-state index >= 15 is 0 Å². The number of aromatic amines is 1. The molecule has 2 N–H and O–H groups in total. The van der Waals surface area contributed by atoms with E-state index < -0.39 is 0 Å². The molecule has 256 valence electrons. The third kappa shape index (κ3) is 7.32. The van der Waals surface area contributed by atoms with E-state index in [9.17, 15) is 14.4 Å². The van der Waals surface area contributed by atoms with E-state index in [-0.39, 0.29) is 17.4 Å². The normalized spacial score (nSPS) is 11.3. The topological polar surface area (TPSA) is 99.7 Å². The monoisotopic (exact) mass is 661 g/mol. The maximum Gasteiger partial charge on any atom is 0.274 e. The van der Waals surface area contributed by atoms with Crippen molar-refractivity contribution in [2.75, 3.05) is 37.6 Å². The minimum Gasteiger partial charge on any atom is -0.456 e. The number of nitrogens with one attached hydrogen (secondary N) is 2. The highest BCUT2D eigenvalue weighted by Gasteiger charge is 2.24. The van der Waals surface area contributed by atoms with Gasteiger partial charge in [0.25, 0.3) is 17.4 Å². The fraction of sp³-hybridized carbons (Fsp3) is 0.325. The summed E-state index contributed by atoms with van der Waals surface area (Å²) in [5, 5.41) is 3.39. The summed E-state index contributed by atoms with van der Waals surface area (Å²) in [5.74, 6) is 0.742. The Morgan fingerprint density at radius 3 is 2.27 bits per heavy atom. The van der Waals surface area contributed by atoms with Gasteiger partial charge in [0.05, 0.1) is 0 Å². The number of carbonyl (C=O) groups excluding carboxylic acids is 2. The summed E-state index contributed by atoms with van der Waals surface area (Å²) >= 11 is 0. The third-order valence-corrected chi connectivity index (χ3v) is 9.13. The minimum atomic E-state index is -0.295. The Bertz CT molecular complexity index is 2020. The third-order valence-electron chi connectivity index (χ3n) is 9.13. The molecule has 0 saturated carbocycles. The predicted molar refractivity (Wildman–Crippen MR) is 198 cm³/mol. The molecule has 0 spiro atoms. The molecule has 0 aliphatic rings. The van der Waals surface area contributed by atoms with Crippen LogP contribution in [0.1, 0.15) is 65.2 Å². The van der Waals surface area contributed by atoms with Crippen LogP contribution in [0.2, 0.25) is 0 Å². The van der Waals surface area contributed by atoms with E-state index in [1.807, 2.05) is 74.2 Å². The lowest BCUT2D eigenvalue weighted by Gasteiger charge is -2.28. The Morgan fingerprint density at radius 1 is 0.878 bits per heavy atom. The van der Waals surface area contributed by atoms with E-state index in [0.29, 0.717) is 57.9 Å². The lowest BCUT2D eigenvalue weighted by Crippen LogP contribution is -2.39. The second-order valence-corrected chi connectivity index (χ2v) is 12.3. The quantitative estimate of drug-likeness (QED) is 0.139. The Morgan fingerprint density at radius 2 is 1.59 bits per heavy atom. The van der Waals surface area contributed by atoms with Crippen LogP contribution < -0.4 is 20.5 Å². The smallest absolute Gasteiger partial charge is 0.274 e. The highest BCUT2D eigenvalue weighted by molar-refractivity contribution is 6.08. The van der Waals surface area contributed by atoms with Crippen molar-refractivity contribution in [3.63, 3.8) is 0 Å². The SMILES string of the molecule is CCNC(=O)c1cc2c(-c3ccc(C(=O)N(CCN(CC)CC)c4ccccc4CC)cc3Oc3c(C)cccc3C)cn(C)c(=O)c2[nH]1. The van der Waals surface area contributed by atoms with Gasteiger partial charge < -0.3 is 29.4 Å². The van der Waals surface area contributed by atoms with Crippen molar-refractivity contribution in [3.8, 4) is 22.6 Å². The predicted octanol–water partition coefficient (Wildman–Crippen LogP) is 7.24. The number of nitrogens with zero attached hydrogens (tertiary/aromatic N) is 3. The molecule has 5 rings (SSSR count). The standard InChI is InChI=1S/C40H47N5O4/c1-8-28-17-12-13-18-34(28)45(22-21-44(10-3)11-4)39(47)29-19-20-30(35(23-29)49-37-26(5)15-14-16-27(37)6)32-25-43(7)40(48)36-31(32)24-33(42-36)38(46)41-9-2/h12-20,23-25,42H,8-11,21-22H2,1-7H3,(H,41,46). The Kier molecular flexibility index (Phi) is 11.0. The van der Waals surface area contributed by atoms with Crippen molar-refractivity contribution >= 4 is 28.4 Å². The van der Waals surface area contributed by atoms with Crippen molar-refractivity contribution in [3.05, 3.63) is 111 Å². The largest absolute Gasteiger partial charge is 0.456 e. The number of ether oxygens (including phenoxy) is 1. The number of benzene rings is 3. The molecular weight excluding hydrogens is 614 g/mol. The van der Waals surface area contributed by atoms with Crippen molar-refractivity contribution in [2.45, 2.75) is 48.0 Å². The average molecular weight is 662 g/mol. The molecule has 0 saturated heterocycles. The molecule has 49 heavy (non-hydrogen) atoms. The minimum absolute atomic E-state index is 0.128. The van der Waals surface area contributed by atoms with Crippen molar-refractivity contribution in [1.82, 2.24) is 19.8 Å². The number of anilines is 1. The van der Waals surface area contributed by atoms with Crippen LogP contribution in [0.3, 0.4) is 0 Å². The van der Waals surface area contributed by atoms with E-state index in [2.05, 4.69) is 42.0 Å². The molecule has 2 aromatic heterocycles. The van der Waals surface area contributed by atoms with E-state index in [4.69, 9.17) is 4.74 Å². The zero-order chi connectivity index (χ0) is 35.2. The van der Waals surface area contributed by atoms with Gasteiger partial charge in [-0.2, -0.15) is 0 Å².